The molecule has 2 heterocycles. The third-order valence-electron chi connectivity index (χ3n) is 5.11. The fraction of sp³-hybridized carbons (Fsp3) is 0.650. The highest BCUT2D eigenvalue weighted by atomic mass is 127. The number of aromatic nitrogens is 3. The summed E-state index contributed by atoms with van der Waals surface area (Å²) in [5, 5.41) is 8.93. The van der Waals surface area contributed by atoms with Crippen LogP contribution in [-0.2, 0) is 26.4 Å². The number of hydrogen-bond acceptors (Lipinski definition) is 5. The van der Waals surface area contributed by atoms with Crippen molar-refractivity contribution in [1.29, 1.82) is 0 Å². The summed E-state index contributed by atoms with van der Waals surface area (Å²) in [4.78, 5) is 15.7. The zero-order valence-electron chi connectivity index (χ0n) is 18.2. The number of nitrogens with one attached hydrogen (secondary N) is 1. The summed E-state index contributed by atoms with van der Waals surface area (Å²) < 4.78 is 1.84. The number of aryl methyl sites for hydroxylation is 3. The van der Waals surface area contributed by atoms with E-state index >= 15 is 0 Å². The normalized spacial score (nSPS) is 15.0. The Morgan fingerprint density at radius 2 is 2.07 bits per heavy atom. The number of hydrogen-bond donors (Lipinski definition) is 1. The number of guanidine groups is 1. The van der Waals surface area contributed by atoms with E-state index in [9.17, 15) is 0 Å². The Hall–Kier alpha value is -1.20. The zero-order chi connectivity index (χ0) is 20.1. The second-order valence-corrected chi connectivity index (χ2v) is 8.83. The van der Waals surface area contributed by atoms with Crippen LogP contribution in [-0.4, -0.2) is 64.8 Å². The van der Waals surface area contributed by atoms with Gasteiger partial charge in [0, 0.05) is 37.3 Å². The molecule has 0 fully saturated rings. The number of halogens is 1. The molecule has 0 aromatic carbocycles. The monoisotopic (exact) mass is 531 g/mol. The largest absolute Gasteiger partial charge is 0.357 e. The first-order valence-corrected chi connectivity index (χ1v) is 10.9. The molecule has 1 aliphatic carbocycles. The molecule has 9 heteroatoms. The number of thiazole rings is 1. The SMILES string of the molecule is CCNC(=NCC(c1cnn(C)c1)N(C)C)N(C)Cc1nc2c(s1)CCCC2.I. The molecule has 1 N–H and O–H groups in total. The lowest BCUT2D eigenvalue weighted by Gasteiger charge is -2.24. The molecule has 0 spiro atoms. The third-order valence-corrected chi connectivity index (χ3v) is 6.25. The molecule has 1 unspecified atom stereocenters. The van der Waals surface area contributed by atoms with E-state index in [1.54, 1.807) is 0 Å². The summed E-state index contributed by atoms with van der Waals surface area (Å²) in [5.41, 5.74) is 2.51. The minimum atomic E-state index is 0. The molecule has 2 aromatic rings. The van der Waals surface area contributed by atoms with Gasteiger partial charge in [0.2, 0.25) is 0 Å². The molecule has 0 saturated heterocycles. The lowest BCUT2D eigenvalue weighted by molar-refractivity contribution is 0.305. The first kappa shape index (κ1) is 24.1. The van der Waals surface area contributed by atoms with Crippen LogP contribution in [0, 0.1) is 0 Å². The van der Waals surface area contributed by atoms with Crippen molar-refractivity contribution in [3.05, 3.63) is 33.5 Å². The molecule has 0 bridgehead atoms. The summed E-state index contributed by atoms with van der Waals surface area (Å²) in [6.07, 6.45) is 8.90. The quantitative estimate of drug-likeness (QED) is 0.338. The third kappa shape index (κ3) is 6.39. The summed E-state index contributed by atoms with van der Waals surface area (Å²) in [5.74, 6) is 0.923. The van der Waals surface area contributed by atoms with Gasteiger partial charge in [0.1, 0.15) is 5.01 Å². The van der Waals surface area contributed by atoms with Gasteiger partial charge < -0.3 is 15.1 Å². The molecular weight excluding hydrogens is 497 g/mol. The predicted octanol–water partition coefficient (Wildman–Crippen LogP) is 3.07. The number of nitrogens with zero attached hydrogens (tertiary/aromatic N) is 6. The van der Waals surface area contributed by atoms with E-state index in [-0.39, 0.29) is 30.0 Å². The zero-order valence-corrected chi connectivity index (χ0v) is 21.3. The van der Waals surface area contributed by atoms with E-state index in [4.69, 9.17) is 9.98 Å². The minimum Gasteiger partial charge on any atom is -0.357 e. The van der Waals surface area contributed by atoms with Gasteiger partial charge in [-0.25, -0.2) is 4.98 Å². The maximum absolute atomic E-state index is 4.93. The van der Waals surface area contributed by atoms with Gasteiger partial charge in [-0.05, 0) is 46.7 Å². The summed E-state index contributed by atoms with van der Waals surface area (Å²) >= 11 is 1.87. The van der Waals surface area contributed by atoms with Gasteiger partial charge in [0.15, 0.2) is 5.96 Å². The Morgan fingerprint density at radius 1 is 1.31 bits per heavy atom. The van der Waals surface area contributed by atoms with Crippen molar-refractivity contribution in [1.82, 2.24) is 29.9 Å². The number of rotatable bonds is 7. The number of likely N-dealkylation sites (N-methyl/N-ethyl adjacent to an activating group) is 1. The molecular formula is C20H34IN7S. The van der Waals surface area contributed by atoms with Crippen LogP contribution in [0.3, 0.4) is 0 Å². The highest BCUT2D eigenvalue weighted by Crippen LogP contribution is 2.27. The van der Waals surface area contributed by atoms with Crippen LogP contribution in [0.25, 0.3) is 0 Å². The van der Waals surface area contributed by atoms with E-state index in [2.05, 4.69) is 54.5 Å². The highest BCUT2D eigenvalue weighted by Gasteiger charge is 2.19. The van der Waals surface area contributed by atoms with Gasteiger partial charge in [0.25, 0.3) is 0 Å². The Morgan fingerprint density at radius 3 is 2.69 bits per heavy atom. The highest BCUT2D eigenvalue weighted by molar-refractivity contribution is 14.0. The van der Waals surface area contributed by atoms with Crippen LogP contribution in [0.2, 0.25) is 0 Å². The Kier molecular flexibility index (Phi) is 9.35. The Labute approximate surface area is 195 Å². The first-order chi connectivity index (χ1) is 13.5. The van der Waals surface area contributed by atoms with Crippen LogP contribution in [0.5, 0.6) is 0 Å². The van der Waals surface area contributed by atoms with Crippen LogP contribution in [0.4, 0.5) is 0 Å². The van der Waals surface area contributed by atoms with Crippen molar-refractivity contribution in [2.45, 2.75) is 45.2 Å². The molecule has 7 nitrogen and oxygen atoms in total. The molecule has 29 heavy (non-hydrogen) atoms. The molecule has 2 aromatic heterocycles. The second kappa shape index (κ2) is 11.3. The van der Waals surface area contributed by atoms with E-state index < -0.39 is 0 Å². The maximum Gasteiger partial charge on any atom is 0.194 e. The summed E-state index contributed by atoms with van der Waals surface area (Å²) in [7, 11) is 8.22. The van der Waals surface area contributed by atoms with Crippen molar-refractivity contribution in [2.75, 3.05) is 34.2 Å². The van der Waals surface area contributed by atoms with Crippen molar-refractivity contribution < 1.29 is 0 Å². The van der Waals surface area contributed by atoms with E-state index in [0.29, 0.717) is 6.54 Å². The van der Waals surface area contributed by atoms with E-state index in [0.717, 1.165) is 25.5 Å². The van der Waals surface area contributed by atoms with E-state index in [1.807, 2.05) is 29.3 Å². The average molecular weight is 532 g/mol. The van der Waals surface area contributed by atoms with Crippen LogP contribution in [0.15, 0.2) is 17.4 Å². The lowest BCUT2D eigenvalue weighted by atomic mass is 10.0. The van der Waals surface area contributed by atoms with Gasteiger partial charge in [-0.1, -0.05) is 0 Å². The second-order valence-electron chi connectivity index (χ2n) is 7.66. The number of aliphatic imine (C=N–C) groups is 1. The molecule has 3 rings (SSSR count). The maximum atomic E-state index is 4.93. The van der Waals surface area contributed by atoms with E-state index in [1.165, 1.54) is 40.4 Å². The molecule has 0 amide bonds. The van der Waals surface area contributed by atoms with Crippen molar-refractivity contribution in [3.63, 3.8) is 0 Å². The van der Waals surface area contributed by atoms with Crippen LogP contribution < -0.4 is 5.32 Å². The standard InChI is InChI=1S/C20H33N7S.HI/c1-6-21-20(22-12-17(25(2)3)15-11-23-27(5)13-15)26(4)14-19-24-16-9-7-8-10-18(16)28-19;/h11,13,17H,6-10,12,14H2,1-5H3,(H,21,22);1H. The Balaban J connectivity index is 0.00000300. The smallest absolute Gasteiger partial charge is 0.194 e. The van der Waals surface area contributed by atoms with Crippen molar-refractivity contribution >= 4 is 41.3 Å². The fourth-order valence-electron chi connectivity index (χ4n) is 3.57. The van der Waals surface area contributed by atoms with Gasteiger partial charge >= 0.3 is 0 Å². The summed E-state index contributed by atoms with van der Waals surface area (Å²) in [6.45, 7) is 4.43. The van der Waals surface area contributed by atoms with Gasteiger partial charge in [-0.3, -0.25) is 9.67 Å². The van der Waals surface area contributed by atoms with Gasteiger partial charge in [-0.2, -0.15) is 5.10 Å². The van der Waals surface area contributed by atoms with Crippen molar-refractivity contribution in [2.24, 2.45) is 12.0 Å². The fourth-order valence-corrected chi connectivity index (χ4v) is 4.78. The molecule has 1 aliphatic rings. The molecule has 162 valence electrons. The Bertz CT molecular complexity index is 775. The van der Waals surface area contributed by atoms with Crippen LogP contribution in [0.1, 0.15) is 46.9 Å². The van der Waals surface area contributed by atoms with Gasteiger partial charge in [0.05, 0.1) is 31.0 Å². The minimum absolute atomic E-state index is 0. The molecule has 1 atom stereocenters. The van der Waals surface area contributed by atoms with Crippen LogP contribution >= 0.6 is 35.3 Å². The molecule has 0 radical (unpaired) electrons. The molecule has 0 saturated carbocycles. The predicted molar refractivity (Wildman–Crippen MR) is 131 cm³/mol. The first-order valence-electron chi connectivity index (χ1n) is 10.1. The molecule has 0 aliphatic heterocycles. The average Bonchev–Trinajstić information content (AvgIpc) is 3.26. The lowest BCUT2D eigenvalue weighted by Crippen LogP contribution is -2.39. The van der Waals surface area contributed by atoms with Gasteiger partial charge in [-0.15, -0.1) is 35.3 Å². The van der Waals surface area contributed by atoms with Crippen molar-refractivity contribution in [3.8, 4) is 0 Å². The topological polar surface area (TPSA) is 61.6 Å². The number of fused-ring (bicyclic) bond motifs is 1. The summed E-state index contributed by atoms with van der Waals surface area (Å²) in [6, 6.07) is 0.197.